The molecule has 0 radical (unpaired) electrons. The van der Waals surface area contributed by atoms with Gasteiger partial charge in [0.2, 0.25) is 5.91 Å². The molecule has 0 bridgehead atoms. The highest BCUT2D eigenvalue weighted by atomic mass is 16.2. The van der Waals surface area contributed by atoms with Crippen LogP contribution < -0.4 is 20.4 Å². The van der Waals surface area contributed by atoms with Gasteiger partial charge in [0, 0.05) is 94.4 Å². The molecule has 8 rings (SSSR count). The summed E-state index contributed by atoms with van der Waals surface area (Å²) in [6.45, 7) is 15.8. The Labute approximate surface area is 366 Å². The van der Waals surface area contributed by atoms with Crippen LogP contribution in [0.2, 0.25) is 0 Å². The van der Waals surface area contributed by atoms with Crippen LogP contribution in [0.25, 0.3) is 11.4 Å². The summed E-state index contributed by atoms with van der Waals surface area (Å²) in [5.74, 6) is -0.103. The smallest absolute Gasteiger partial charge is 0.271 e. The predicted octanol–water partition coefficient (Wildman–Crippen LogP) is 5.81. The normalized spacial score (nSPS) is 16.1. The van der Waals surface area contributed by atoms with Crippen molar-refractivity contribution in [2.24, 2.45) is 0 Å². The zero-order valence-corrected chi connectivity index (χ0v) is 36.6. The molecule has 0 unspecified atom stereocenters. The highest BCUT2D eigenvalue weighted by Crippen LogP contribution is 2.27. The van der Waals surface area contributed by atoms with E-state index in [0.29, 0.717) is 25.3 Å². The fourth-order valence-corrected chi connectivity index (χ4v) is 8.83. The second-order valence-corrected chi connectivity index (χ2v) is 16.7. The number of benzene rings is 2. The minimum atomic E-state index is -0.134. The van der Waals surface area contributed by atoms with Crippen molar-refractivity contribution in [1.29, 1.82) is 0 Å². The Bertz CT molecular complexity index is 2350. The average Bonchev–Trinajstić information content (AvgIpc) is 3.91. The quantitative estimate of drug-likeness (QED) is 0.127. The van der Waals surface area contributed by atoms with Crippen molar-refractivity contribution >= 4 is 28.9 Å². The second kappa shape index (κ2) is 20.2. The van der Waals surface area contributed by atoms with Gasteiger partial charge in [-0.1, -0.05) is 49.8 Å². The molecule has 0 atom stereocenters. The summed E-state index contributed by atoms with van der Waals surface area (Å²) in [7, 11) is 0. The zero-order chi connectivity index (χ0) is 42.8. The molecule has 5 heterocycles. The summed E-state index contributed by atoms with van der Waals surface area (Å²) in [5, 5.41) is 15.8. The van der Waals surface area contributed by atoms with Crippen molar-refractivity contribution in [1.82, 2.24) is 45.0 Å². The Morgan fingerprint density at radius 2 is 1.58 bits per heavy atom. The maximum absolute atomic E-state index is 13.3. The van der Waals surface area contributed by atoms with Gasteiger partial charge in [-0.25, -0.2) is 9.36 Å². The largest absolute Gasteiger partial charge is 0.369 e. The lowest BCUT2D eigenvalue weighted by atomic mass is 9.98. The maximum Gasteiger partial charge on any atom is 0.271 e. The van der Waals surface area contributed by atoms with Gasteiger partial charge >= 0.3 is 0 Å². The molecule has 1 aliphatic carbocycles. The minimum Gasteiger partial charge on any atom is -0.369 e. The number of nitrogens with one attached hydrogen (secondary N) is 2. The van der Waals surface area contributed by atoms with E-state index < -0.39 is 0 Å². The van der Waals surface area contributed by atoms with Crippen LogP contribution in [-0.4, -0.2) is 118 Å². The van der Waals surface area contributed by atoms with Gasteiger partial charge in [-0.15, -0.1) is 0 Å². The fraction of sp³-hybridized carbons (Fsp3) is 0.408. The van der Waals surface area contributed by atoms with Crippen LogP contribution >= 0.6 is 0 Å². The summed E-state index contributed by atoms with van der Waals surface area (Å²) in [5.41, 5.74) is 11.8. The van der Waals surface area contributed by atoms with E-state index in [1.165, 1.54) is 28.1 Å². The van der Waals surface area contributed by atoms with Crippen molar-refractivity contribution < 1.29 is 9.59 Å². The lowest BCUT2D eigenvalue weighted by Gasteiger charge is -2.36. The monoisotopic (exact) mass is 836 g/mol. The van der Waals surface area contributed by atoms with E-state index in [1.54, 1.807) is 6.20 Å². The second-order valence-electron chi connectivity index (χ2n) is 16.7. The van der Waals surface area contributed by atoms with Gasteiger partial charge in [0.05, 0.1) is 36.4 Å². The van der Waals surface area contributed by atoms with E-state index in [2.05, 4.69) is 129 Å². The predicted molar refractivity (Wildman–Crippen MR) is 247 cm³/mol. The Hall–Kier alpha value is -6.05. The Morgan fingerprint density at radius 1 is 0.790 bits per heavy atom. The van der Waals surface area contributed by atoms with Gasteiger partial charge in [0.25, 0.3) is 5.91 Å². The van der Waals surface area contributed by atoms with Gasteiger partial charge in [-0.05, 0) is 105 Å². The molecule has 2 saturated heterocycles. The standard InChI is InChI=1S/C49H61N11O2/c1-4-10-44-33-46(49(62)51-21-22-55-23-27-57(28-24-55)45-14-9-20-50-35-45)54-60(44)43-18-16-39(17-19-43)32-40-11-8-15-47(38(40)3)58-29-25-56(26-30-58)36-48(61)52-34-41-31-37(2)59(53-41)42-12-6-5-7-13-42/h5-6,8-9,11-12,14-20,31,33,35H,4,7,10,13,21-30,32,34,36H2,1-3H3,(H,51,62)(H,52,61). The van der Waals surface area contributed by atoms with E-state index >= 15 is 0 Å². The van der Waals surface area contributed by atoms with Crippen molar-refractivity contribution in [3.8, 4) is 5.69 Å². The lowest BCUT2D eigenvalue weighted by molar-refractivity contribution is -0.122. The molecule has 2 amide bonds. The summed E-state index contributed by atoms with van der Waals surface area (Å²) in [6, 6.07) is 23.3. The third-order valence-electron chi connectivity index (χ3n) is 12.4. The number of amides is 2. The van der Waals surface area contributed by atoms with Crippen LogP contribution in [0.15, 0.2) is 97.4 Å². The number of piperazine rings is 2. The number of carbonyl (C=O) groups is 2. The molecule has 2 N–H and O–H groups in total. The molecular weight excluding hydrogens is 775 g/mol. The Kier molecular flexibility index (Phi) is 13.9. The van der Waals surface area contributed by atoms with Crippen LogP contribution in [0, 0.1) is 13.8 Å². The minimum absolute atomic E-state index is 0.0312. The highest BCUT2D eigenvalue weighted by Gasteiger charge is 2.22. The van der Waals surface area contributed by atoms with Crippen LogP contribution in [0.1, 0.15) is 70.4 Å². The molecule has 2 aromatic carbocycles. The molecule has 2 aliphatic heterocycles. The molecule has 62 heavy (non-hydrogen) atoms. The SMILES string of the molecule is CCCc1cc(C(=O)NCCN2CCN(c3cccnc3)CC2)nn1-c1ccc(Cc2cccc(N3CCN(CC(=O)NCc4cc(C)n(C5=CC=CCC5)n4)CC3)c2C)cc1. The third-order valence-corrected chi connectivity index (χ3v) is 12.4. The Morgan fingerprint density at radius 3 is 2.32 bits per heavy atom. The van der Waals surface area contributed by atoms with Crippen molar-refractivity contribution in [3.63, 3.8) is 0 Å². The number of rotatable bonds is 16. The molecule has 13 heteroatoms. The number of aryl methyl sites for hydroxylation is 2. The number of hydrogen-bond acceptors (Lipinski definition) is 9. The third kappa shape index (κ3) is 10.5. The van der Waals surface area contributed by atoms with Crippen LogP contribution in [0.3, 0.4) is 0 Å². The summed E-state index contributed by atoms with van der Waals surface area (Å²) >= 11 is 0. The van der Waals surface area contributed by atoms with Crippen LogP contribution in [0.4, 0.5) is 11.4 Å². The lowest BCUT2D eigenvalue weighted by Crippen LogP contribution is -2.49. The van der Waals surface area contributed by atoms with Crippen molar-refractivity contribution in [3.05, 3.63) is 137 Å². The zero-order valence-electron chi connectivity index (χ0n) is 36.6. The molecule has 13 nitrogen and oxygen atoms in total. The number of allylic oxidation sites excluding steroid dienone is 4. The molecule has 3 aliphatic rings. The van der Waals surface area contributed by atoms with Crippen LogP contribution in [0.5, 0.6) is 0 Å². The molecule has 5 aromatic rings. The highest BCUT2D eigenvalue weighted by molar-refractivity contribution is 5.92. The van der Waals surface area contributed by atoms with Crippen LogP contribution in [-0.2, 0) is 24.2 Å². The molecule has 3 aromatic heterocycles. The number of pyridine rings is 1. The van der Waals surface area contributed by atoms with Gasteiger partial charge in [0.1, 0.15) is 0 Å². The van der Waals surface area contributed by atoms with Crippen molar-refractivity contribution in [2.75, 3.05) is 81.8 Å². The van der Waals surface area contributed by atoms with E-state index in [0.717, 1.165) is 119 Å². The number of aromatic nitrogens is 5. The van der Waals surface area contributed by atoms with Crippen molar-refractivity contribution in [2.45, 2.75) is 59.4 Å². The molecule has 2 fully saturated rings. The fourth-order valence-electron chi connectivity index (χ4n) is 8.83. The number of anilines is 2. The first-order valence-corrected chi connectivity index (χ1v) is 22.4. The maximum atomic E-state index is 13.3. The number of hydrogen-bond donors (Lipinski definition) is 2. The first-order chi connectivity index (χ1) is 30.3. The van der Waals surface area contributed by atoms with E-state index in [-0.39, 0.29) is 11.8 Å². The van der Waals surface area contributed by atoms with E-state index in [9.17, 15) is 9.59 Å². The summed E-state index contributed by atoms with van der Waals surface area (Å²) in [6.07, 6.45) is 14.7. The van der Waals surface area contributed by atoms with Gasteiger partial charge in [-0.2, -0.15) is 10.2 Å². The summed E-state index contributed by atoms with van der Waals surface area (Å²) in [4.78, 5) is 39.9. The average molecular weight is 836 g/mol. The number of nitrogens with zero attached hydrogens (tertiary/aromatic N) is 9. The first kappa shape index (κ1) is 42.6. The van der Waals surface area contributed by atoms with E-state index in [1.807, 2.05) is 27.7 Å². The number of carbonyl (C=O) groups excluding carboxylic acids is 2. The topological polar surface area (TPSA) is 120 Å². The molecule has 0 spiro atoms. The molecular formula is C49H61N11O2. The van der Waals surface area contributed by atoms with Gasteiger partial charge in [-0.3, -0.25) is 24.4 Å². The summed E-state index contributed by atoms with van der Waals surface area (Å²) < 4.78 is 3.93. The Balaban J connectivity index is 0.804. The first-order valence-electron chi connectivity index (χ1n) is 22.4. The van der Waals surface area contributed by atoms with Gasteiger partial charge in [0.15, 0.2) is 5.69 Å². The molecule has 0 saturated carbocycles. The van der Waals surface area contributed by atoms with Gasteiger partial charge < -0.3 is 20.4 Å². The van der Waals surface area contributed by atoms with E-state index in [4.69, 9.17) is 10.2 Å². The molecule has 324 valence electrons.